The quantitative estimate of drug-likeness (QED) is 0.448. The number of benzene rings is 1. The van der Waals surface area contributed by atoms with Crippen LogP contribution in [0, 0.1) is 10.8 Å². The second-order valence-corrected chi connectivity index (χ2v) is 10.8. The van der Waals surface area contributed by atoms with Crippen molar-refractivity contribution in [2.24, 2.45) is 10.8 Å². The average Bonchev–Trinajstić information content (AvgIpc) is 3.34. The van der Waals surface area contributed by atoms with E-state index in [9.17, 15) is 9.59 Å². The van der Waals surface area contributed by atoms with E-state index in [1.54, 1.807) is 19.6 Å². The molecule has 34 heavy (non-hydrogen) atoms. The molecule has 3 heterocycles. The van der Waals surface area contributed by atoms with Gasteiger partial charge in [-0.3, -0.25) is 14.5 Å². The van der Waals surface area contributed by atoms with Crippen LogP contribution in [-0.4, -0.2) is 49.5 Å². The van der Waals surface area contributed by atoms with Crippen LogP contribution in [0.2, 0.25) is 0 Å². The van der Waals surface area contributed by atoms with Crippen LogP contribution in [0.5, 0.6) is 5.75 Å². The number of carbonyl (C=O) groups excluding carboxylic acids is 2. The minimum atomic E-state index is -1.16. The molecule has 2 aliphatic carbocycles. The number of Topliss-reactive ketones (excluding diaryl/α,β-unsaturated/α-hetero) is 1. The summed E-state index contributed by atoms with van der Waals surface area (Å²) in [6.45, 7) is 6.68. The van der Waals surface area contributed by atoms with Crippen LogP contribution >= 0.6 is 0 Å². The summed E-state index contributed by atoms with van der Waals surface area (Å²) in [7, 11) is 3.79. The number of furan rings is 1. The number of nitrogens with zero attached hydrogens (tertiary/aromatic N) is 1. The SMILES string of the molecule is CCOC(=O)C1(C(=O)CCc2ccoc2)C[C@]2(C)C3Cc4ccc(OC)cc4[C@]2(C)CC1N3C. The third kappa shape index (κ3) is 2.97. The molecule has 6 heteroatoms. The number of methoxy groups -OCH3 is 1. The predicted molar refractivity (Wildman–Crippen MR) is 128 cm³/mol. The molecule has 2 saturated heterocycles. The number of rotatable bonds is 7. The topological polar surface area (TPSA) is 69.0 Å². The van der Waals surface area contributed by atoms with Gasteiger partial charge in [0, 0.05) is 23.9 Å². The summed E-state index contributed by atoms with van der Waals surface area (Å²) < 4.78 is 16.4. The molecule has 2 aliphatic heterocycles. The summed E-state index contributed by atoms with van der Waals surface area (Å²) in [5, 5.41) is 0. The van der Waals surface area contributed by atoms with Gasteiger partial charge in [0.1, 0.15) is 11.2 Å². The normalized spacial score (nSPS) is 33.9. The first kappa shape index (κ1) is 23.2. The zero-order valence-electron chi connectivity index (χ0n) is 20.8. The summed E-state index contributed by atoms with van der Waals surface area (Å²) in [6.07, 6.45) is 6.28. The molecule has 1 aromatic carbocycles. The number of piperidine rings is 2. The van der Waals surface area contributed by atoms with Crippen LogP contribution in [0.25, 0.3) is 0 Å². The van der Waals surface area contributed by atoms with Crippen molar-refractivity contribution >= 4 is 11.8 Å². The molecule has 0 amide bonds. The smallest absolute Gasteiger partial charge is 0.321 e. The van der Waals surface area contributed by atoms with Gasteiger partial charge in [-0.15, -0.1) is 0 Å². The Balaban J connectivity index is 1.58. The molecular formula is C28H35NO5. The Morgan fingerprint density at radius 2 is 2.00 bits per heavy atom. The molecule has 6 rings (SSSR count). The van der Waals surface area contributed by atoms with E-state index in [2.05, 4.69) is 37.9 Å². The van der Waals surface area contributed by atoms with Crippen molar-refractivity contribution in [3.63, 3.8) is 0 Å². The van der Waals surface area contributed by atoms with Crippen LogP contribution in [0.15, 0.2) is 41.2 Å². The molecule has 3 fully saturated rings. The molecule has 1 aromatic heterocycles. The maximum Gasteiger partial charge on any atom is 0.321 e. The van der Waals surface area contributed by atoms with E-state index in [4.69, 9.17) is 13.9 Å². The first-order valence-electron chi connectivity index (χ1n) is 12.3. The summed E-state index contributed by atoms with van der Waals surface area (Å²) in [5.74, 6) is 0.481. The fourth-order valence-electron chi connectivity index (χ4n) is 7.48. The monoisotopic (exact) mass is 465 g/mol. The van der Waals surface area contributed by atoms with Gasteiger partial charge in [-0.25, -0.2) is 0 Å². The number of fused-ring (bicyclic) bond motifs is 2. The van der Waals surface area contributed by atoms with Gasteiger partial charge in [0.25, 0.3) is 0 Å². The Bertz CT molecular complexity index is 1110. The van der Waals surface area contributed by atoms with Crippen molar-refractivity contribution < 1.29 is 23.5 Å². The Kier molecular flexibility index (Phi) is 5.43. The number of hydrogen-bond donors (Lipinski definition) is 0. The lowest BCUT2D eigenvalue weighted by Gasteiger charge is -2.71. The Labute approximate surface area is 201 Å². The van der Waals surface area contributed by atoms with Gasteiger partial charge in [-0.2, -0.15) is 0 Å². The number of esters is 1. The maximum absolute atomic E-state index is 14.0. The van der Waals surface area contributed by atoms with Gasteiger partial charge in [0.2, 0.25) is 0 Å². The highest BCUT2D eigenvalue weighted by Crippen LogP contribution is 2.68. The second kappa shape index (κ2) is 7.98. The van der Waals surface area contributed by atoms with E-state index >= 15 is 0 Å². The van der Waals surface area contributed by atoms with E-state index in [-0.39, 0.29) is 41.3 Å². The largest absolute Gasteiger partial charge is 0.497 e. The number of ketones is 1. The third-order valence-corrected chi connectivity index (χ3v) is 9.48. The van der Waals surface area contributed by atoms with E-state index < -0.39 is 5.41 Å². The summed E-state index contributed by atoms with van der Waals surface area (Å²) in [5.41, 5.74) is 2.01. The Morgan fingerprint density at radius 3 is 2.68 bits per heavy atom. The van der Waals surface area contributed by atoms with E-state index in [1.165, 1.54) is 11.1 Å². The molecule has 1 saturated carbocycles. The summed E-state index contributed by atoms with van der Waals surface area (Å²) in [6, 6.07) is 8.31. The fraction of sp³-hybridized carbons (Fsp3) is 0.571. The van der Waals surface area contributed by atoms with Crippen molar-refractivity contribution in [1.82, 2.24) is 4.90 Å². The average molecular weight is 466 g/mol. The summed E-state index contributed by atoms with van der Waals surface area (Å²) >= 11 is 0. The van der Waals surface area contributed by atoms with Crippen molar-refractivity contribution in [2.45, 2.75) is 70.4 Å². The first-order chi connectivity index (χ1) is 16.2. The molecule has 6 nitrogen and oxygen atoms in total. The van der Waals surface area contributed by atoms with E-state index in [1.807, 2.05) is 19.1 Å². The van der Waals surface area contributed by atoms with Gasteiger partial charge in [0.05, 0.1) is 26.2 Å². The van der Waals surface area contributed by atoms with Crippen LogP contribution in [0.4, 0.5) is 0 Å². The van der Waals surface area contributed by atoms with Gasteiger partial charge in [-0.1, -0.05) is 19.9 Å². The van der Waals surface area contributed by atoms with Gasteiger partial charge >= 0.3 is 5.97 Å². The third-order valence-electron chi connectivity index (χ3n) is 9.48. The highest BCUT2D eigenvalue weighted by molar-refractivity contribution is 6.05. The minimum absolute atomic E-state index is 0.0119. The van der Waals surface area contributed by atoms with Gasteiger partial charge in [0.15, 0.2) is 5.78 Å². The fourth-order valence-corrected chi connectivity index (χ4v) is 7.48. The molecule has 2 aromatic rings. The molecule has 3 unspecified atom stereocenters. The molecule has 0 radical (unpaired) electrons. The molecule has 4 bridgehead atoms. The van der Waals surface area contributed by atoms with Crippen LogP contribution < -0.4 is 4.74 Å². The highest BCUT2D eigenvalue weighted by Gasteiger charge is 2.73. The molecule has 0 N–H and O–H groups in total. The zero-order valence-corrected chi connectivity index (χ0v) is 20.8. The molecule has 182 valence electrons. The Morgan fingerprint density at radius 1 is 1.21 bits per heavy atom. The second-order valence-electron chi connectivity index (χ2n) is 10.8. The number of hydrogen-bond acceptors (Lipinski definition) is 6. The lowest BCUT2D eigenvalue weighted by Crippen LogP contribution is -2.78. The Hall–Kier alpha value is -2.60. The maximum atomic E-state index is 14.0. The lowest BCUT2D eigenvalue weighted by atomic mass is 9.39. The van der Waals surface area contributed by atoms with Crippen LogP contribution in [-0.2, 0) is 32.6 Å². The number of carbonyl (C=O) groups is 2. The van der Waals surface area contributed by atoms with Gasteiger partial charge < -0.3 is 13.9 Å². The molecular weight excluding hydrogens is 430 g/mol. The minimum Gasteiger partial charge on any atom is -0.497 e. The van der Waals surface area contributed by atoms with Crippen LogP contribution in [0.3, 0.4) is 0 Å². The molecule has 0 spiro atoms. The highest BCUT2D eigenvalue weighted by atomic mass is 16.5. The summed E-state index contributed by atoms with van der Waals surface area (Å²) in [4.78, 5) is 30.0. The number of aryl methyl sites for hydroxylation is 1. The number of ether oxygens (including phenoxy) is 2. The number of likely N-dealkylation sites (N-methyl/N-ethyl adjacent to an activating group) is 1. The van der Waals surface area contributed by atoms with Crippen molar-refractivity contribution in [1.29, 1.82) is 0 Å². The standard InChI is InChI=1S/C28H35NO5/c1-6-34-25(31)28(24(30)10-7-18-11-12-33-16-18)17-27(3)22-13-19-8-9-20(32-5)14-21(19)26(27,2)15-23(28)29(22)4/h8-9,11-12,14,16,22-23H,6-7,10,13,15,17H2,1-5H3/t22?,23?,26-,27+,28?/m0/s1. The first-order valence-corrected chi connectivity index (χ1v) is 12.3. The zero-order chi connectivity index (χ0) is 24.3. The molecule has 5 atom stereocenters. The lowest BCUT2D eigenvalue weighted by molar-refractivity contribution is -0.208. The van der Waals surface area contributed by atoms with Crippen molar-refractivity contribution in [2.75, 3.05) is 20.8 Å². The van der Waals surface area contributed by atoms with Gasteiger partial charge in [-0.05, 0) is 80.0 Å². The van der Waals surface area contributed by atoms with E-state index in [0.717, 1.165) is 24.2 Å². The predicted octanol–water partition coefficient (Wildman–Crippen LogP) is 4.34. The van der Waals surface area contributed by atoms with Crippen molar-refractivity contribution in [3.8, 4) is 5.75 Å². The van der Waals surface area contributed by atoms with E-state index in [0.29, 0.717) is 19.3 Å². The van der Waals surface area contributed by atoms with Crippen molar-refractivity contribution in [3.05, 3.63) is 53.5 Å². The van der Waals surface area contributed by atoms with Crippen LogP contribution in [0.1, 0.15) is 56.7 Å². The molecule has 4 aliphatic rings.